The van der Waals surface area contributed by atoms with Crippen molar-refractivity contribution >= 4 is 11.6 Å². The summed E-state index contributed by atoms with van der Waals surface area (Å²) >= 11 is 0. The molecule has 1 rings (SSSR count). The third-order valence-electron chi connectivity index (χ3n) is 1.62. The summed E-state index contributed by atoms with van der Waals surface area (Å²) in [5.41, 5.74) is 6.16. The molecule has 14 heavy (non-hydrogen) atoms. The average Bonchev–Trinajstić information content (AvgIpc) is 2.19. The molecule has 1 aromatic rings. The first-order chi connectivity index (χ1) is 6.72. The lowest BCUT2D eigenvalue weighted by atomic mass is 10.3. The summed E-state index contributed by atoms with van der Waals surface area (Å²) in [4.78, 5) is 11.3. The van der Waals surface area contributed by atoms with Crippen molar-refractivity contribution < 1.29 is 4.79 Å². The highest BCUT2D eigenvalue weighted by molar-refractivity contribution is 5.99. The molecule has 0 saturated carbocycles. The molecule has 0 aliphatic heterocycles. The molecule has 0 spiro atoms. The molecule has 1 aromatic carbocycles. The van der Waals surface area contributed by atoms with Crippen molar-refractivity contribution in [2.75, 3.05) is 12.4 Å². The van der Waals surface area contributed by atoms with Gasteiger partial charge in [-0.05, 0) is 12.1 Å². The largest absolute Gasteiger partial charge is 0.385 e. The molecule has 1 amide bonds. The van der Waals surface area contributed by atoms with E-state index in [1.54, 1.807) is 19.2 Å². The van der Waals surface area contributed by atoms with Crippen LogP contribution in [0.4, 0.5) is 5.69 Å². The number of hydrogen-bond acceptors (Lipinski definition) is 3. The van der Waals surface area contributed by atoms with Crippen molar-refractivity contribution in [1.82, 2.24) is 5.32 Å². The fraction of sp³-hybridized carbons (Fsp3) is 0.100. The van der Waals surface area contributed by atoms with Crippen LogP contribution in [0.1, 0.15) is 0 Å². The van der Waals surface area contributed by atoms with Gasteiger partial charge < -0.3 is 16.4 Å². The van der Waals surface area contributed by atoms with Crippen LogP contribution in [0.15, 0.2) is 42.2 Å². The third kappa shape index (κ3) is 3.18. The molecule has 0 heterocycles. The van der Waals surface area contributed by atoms with Crippen molar-refractivity contribution in [3.63, 3.8) is 0 Å². The molecule has 4 N–H and O–H groups in total. The Morgan fingerprint density at radius 2 is 2.00 bits per heavy atom. The quantitative estimate of drug-likeness (QED) is 0.614. The van der Waals surface area contributed by atoms with E-state index >= 15 is 0 Å². The van der Waals surface area contributed by atoms with Gasteiger partial charge in [-0.25, -0.2) is 0 Å². The Hall–Kier alpha value is -1.97. The molecular formula is C10H13N3O. The fourth-order valence-corrected chi connectivity index (χ4v) is 0.913. The van der Waals surface area contributed by atoms with E-state index in [-0.39, 0.29) is 5.91 Å². The number of para-hydroxylation sites is 1. The molecular weight excluding hydrogens is 178 g/mol. The van der Waals surface area contributed by atoms with Gasteiger partial charge in [0.15, 0.2) is 0 Å². The lowest BCUT2D eigenvalue weighted by Crippen LogP contribution is -2.19. The number of amides is 1. The van der Waals surface area contributed by atoms with E-state index in [0.29, 0.717) is 5.82 Å². The highest BCUT2D eigenvalue weighted by atomic mass is 16.1. The molecule has 4 nitrogen and oxygen atoms in total. The molecule has 0 saturated heterocycles. The number of anilines is 1. The van der Waals surface area contributed by atoms with Crippen LogP contribution < -0.4 is 16.4 Å². The lowest BCUT2D eigenvalue weighted by molar-refractivity contribution is -0.112. The first-order valence-corrected chi connectivity index (χ1v) is 4.23. The average molecular weight is 191 g/mol. The minimum Gasteiger partial charge on any atom is -0.385 e. The van der Waals surface area contributed by atoms with Crippen LogP contribution in [0.3, 0.4) is 0 Å². The van der Waals surface area contributed by atoms with Crippen LogP contribution in [0.2, 0.25) is 0 Å². The van der Waals surface area contributed by atoms with Crippen LogP contribution in [-0.4, -0.2) is 13.0 Å². The fourth-order valence-electron chi connectivity index (χ4n) is 0.913. The number of hydrogen-bond donors (Lipinski definition) is 3. The Balaban J connectivity index is 2.58. The summed E-state index contributed by atoms with van der Waals surface area (Å²) in [5.74, 6) is 0.0847. The van der Waals surface area contributed by atoms with E-state index in [9.17, 15) is 4.79 Å². The molecule has 0 fully saturated rings. The van der Waals surface area contributed by atoms with Crippen molar-refractivity contribution in [1.29, 1.82) is 0 Å². The molecule has 0 aromatic heterocycles. The number of nitrogens with one attached hydrogen (secondary N) is 2. The molecule has 4 heteroatoms. The zero-order valence-electron chi connectivity index (χ0n) is 7.95. The molecule has 0 unspecified atom stereocenters. The maximum Gasteiger partial charge on any atom is 0.251 e. The van der Waals surface area contributed by atoms with Gasteiger partial charge in [-0.3, -0.25) is 4.79 Å². The van der Waals surface area contributed by atoms with E-state index in [1.807, 2.05) is 18.2 Å². The first-order valence-electron chi connectivity index (χ1n) is 4.23. The number of rotatable bonds is 3. The van der Waals surface area contributed by atoms with Crippen molar-refractivity contribution in [2.45, 2.75) is 0 Å². The Morgan fingerprint density at radius 3 is 2.57 bits per heavy atom. The molecule has 0 bridgehead atoms. The van der Waals surface area contributed by atoms with Gasteiger partial charge in [-0.15, -0.1) is 0 Å². The zero-order chi connectivity index (χ0) is 10.4. The number of nitrogens with two attached hydrogens (primary N) is 1. The minimum atomic E-state index is -0.247. The van der Waals surface area contributed by atoms with E-state index in [4.69, 9.17) is 5.73 Å². The maximum absolute atomic E-state index is 11.3. The van der Waals surface area contributed by atoms with E-state index in [1.165, 1.54) is 6.08 Å². The topological polar surface area (TPSA) is 67.1 Å². The molecule has 0 aliphatic rings. The van der Waals surface area contributed by atoms with Crippen LogP contribution in [-0.2, 0) is 4.79 Å². The predicted molar refractivity (Wildman–Crippen MR) is 56.4 cm³/mol. The van der Waals surface area contributed by atoms with Crippen LogP contribution >= 0.6 is 0 Å². The Kier molecular flexibility index (Phi) is 3.55. The van der Waals surface area contributed by atoms with Crippen molar-refractivity contribution in [3.05, 3.63) is 42.2 Å². The summed E-state index contributed by atoms with van der Waals surface area (Å²) in [6.45, 7) is 0. The van der Waals surface area contributed by atoms with Gasteiger partial charge in [-0.1, -0.05) is 18.2 Å². The second-order valence-corrected chi connectivity index (χ2v) is 2.70. The summed E-state index contributed by atoms with van der Waals surface area (Å²) in [6.07, 6.45) is 1.30. The summed E-state index contributed by atoms with van der Waals surface area (Å²) in [7, 11) is 1.65. The van der Waals surface area contributed by atoms with Crippen LogP contribution in [0.25, 0.3) is 0 Å². The van der Waals surface area contributed by atoms with Crippen LogP contribution in [0.5, 0.6) is 0 Å². The third-order valence-corrected chi connectivity index (χ3v) is 1.62. The SMILES string of the molecule is CN/C(N)=C/C(=O)Nc1ccccc1. The smallest absolute Gasteiger partial charge is 0.251 e. The van der Waals surface area contributed by atoms with Gasteiger partial charge in [0.05, 0.1) is 0 Å². The van der Waals surface area contributed by atoms with E-state index in [0.717, 1.165) is 5.69 Å². The maximum atomic E-state index is 11.3. The highest BCUT2D eigenvalue weighted by Gasteiger charge is 1.97. The first kappa shape index (κ1) is 10.1. The Bertz CT molecular complexity index is 332. The summed E-state index contributed by atoms with van der Waals surface area (Å²) < 4.78 is 0. The van der Waals surface area contributed by atoms with Gasteiger partial charge in [0.25, 0.3) is 5.91 Å². The van der Waals surface area contributed by atoms with Crippen molar-refractivity contribution in [3.8, 4) is 0 Å². The standard InChI is InChI=1S/C10H13N3O/c1-12-9(11)7-10(14)13-8-5-3-2-4-6-8/h2-7,12H,11H2,1H3,(H,13,14)/b9-7+. The van der Waals surface area contributed by atoms with Crippen LogP contribution in [0, 0.1) is 0 Å². The Labute approximate surface area is 82.8 Å². The van der Waals surface area contributed by atoms with E-state index < -0.39 is 0 Å². The number of carbonyl (C=O) groups is 1. The molecule has 0 aliphatic carbocycles. The Morgan fingerprint density at radius 1 is 1.36 bits per heavy atom. The van der Waals surface area contributed by atoms with Gasteiger partial charge in [0, 0.05) is 18.8 Å². The number of benzene rings is 1. The van der Waals surface area contributed by atoms with Gasteiger partial charge in [0.2, 0.25) is 0 Å². The van der Waals surface area contributed by atoms with E-state index in [2.05, 4.69) is 10.6 Å². The number of carbonyl (C=O) groups excluding carboxylic acids is 1. The summed E-state index contributed by atoms with van der Waals surface area (Å²) in [6, 6.07) is 9.19. The summed E-state index contributed by atoms with van der Waals surface area (Å²) in [5, 5.41) is 5.33. The molecule has 0 radical (unpaired) electrons. The van der Waals surface area contributed by atoms with Crippen molar-refractivity contribution in [2.24, 2.45) is 5.73 Å². The monoisotopic (exact) mass is 191 g/mol. The van der Waals surface area contributed by atoms with Gasteiger partial charge >= 0.3 is 0 Å². The minimum absolute atomic E-state index is 0.247. The van der Waals surface area contributed by atoms with Gasteiger partial charge in [0.1, 0.15) is 5.82 Å². The predicted octanol–water partition coefficient (Wildman–Crippen LogP) is 0.645. The highest BCUT2D eigenvalue weighted by Crippen LogP contribution is 2.04. The zero-order valence-corrected chi connectivity index (χ0v) is 7.95. The molecule has 0 atom stereocenters. The van der Waals surface area contributed by atoms with Gasteiger partial charge in [-0.2, -0.15) is 0 Å². The lowest BCUT2D eigenvalue weighted by Gasteiger charge is -2.02. The second kappa shape index (κ2) is 4.91. The second-order valence-electron chi connectivity index (χ2n) is 2.70. The normalized spacial score (nSPS) is 10.8. The molecule has 74 valence electrons.